The number of rotatable bonds is 3. The molecule has 0 unspecified atom stereocenters. The Morgan fingerprint density at radius 3 is 2.55 bits per heavy atom. The number of hydrogen-bond donors (Lipinski definition) is 1. The van der Waals surface area contributed by atoms with Gasteiger partial charge in [-0.1, -0.05) is 30.3 Å². The third kappa shape index (κ3) is 3.47. The summed E-state index contributed by atoms with van der Waals surface area (Å²) in [6, 6.07) is 25.3. The Morgan fingerprint density at radius 1 is 0.828 bits per heavy atom. The molecule has 0 bridgehead atoms. The fraction of sp³-hybridized carbons (Fsp3) is 0. The SMILES string of the molecule is C(#Cc1ccc(-c2nc3ccccn3c2Nc2ccccc2)o1)c1ccccn1. The zero-order valence-corrected chi connectivity index (χ0v) is 15.4. The van der Waals surface area contributed by atoms with Crippen LogP contribution in [0.15, 0.2) is 95.7 Å². The molecule has 4 aromatic heterocycles. The van der Waals surface area contributed by atoms with E-state index in [1.807, 2.05) is 89.5 Å². The van der Waals surface area contributed by atoms with Gasteiger partial charge in [-0.25, -0.2) is 9.97 Å². The molecule has 1 aromatic carbocycles. The van der Waals surface area contributed by atoms with E-state index in [0.717, 1.165) is 22.8 Å². The third-order valence-corrected chi connectivity index (χ3v) is 4.38. The average Bonchev–Trinajstić information content (AvgIpc) is 3.39. The van der Waals surface area contributed by atoms with Gasteiger partial charge in [-0.05, 0) is 60.4 Å². The van der Waals surface area contributed by atoms with Gasteiger partial charge < -0.3 is 9.73 Å². The minimum Gasteiger partial charge on any atom is -0.446 e. The zero-order chi connectivity index (χ0) is 19.5. The van der Waals surface area contributed by atoms with Crippen molar-refractivity contribution in [3.05, 3.63) is 103 Å². The van der Waals surface area contributed by atoms with E-state index in [1.54, 1.807) is 6.20 Å². The first-order valence-electron chi connectivity index (χ1n) is 9.19. The maximum Gasteiger partial charge on any atom is 0.178 e. The fourth-order valence-electron chi connectivity index (χ4n) is 3.04. The van der Waals surface area contributed by atoms with Gasteiger partial charge >= 0.3 is 0 Å². The van der Waals surface area contributed by atoms with Gasteiger partial charge in [-0.15, -0.1) is 0 Å². The van der Waals surface area contributed by atoms with Crippen LogP contribution in [0.1, 0.15) is 11.5 Å². The summed E-state index contributed by atoms with van der Waals surface area (Å²) in [6.45, 7) is 0. The molecule has 0 aliphatic heterocycles. The Labute approximate surface area is 167 Å². The summed E-state index contributed by atoms with van der Waals surface area (Å²) in [6.07, 6.45) is 3.69. The van der Waals surface area contributed by atoms with E-state index in [9.17, 15) is 0 Å². The van der Waals surface area contributed by atoms with Gasteiger partial charge in [0.2, 0.25) is 0 Å². The predicted molar refractivity (Wildman–Crippen MR) is 113 cm³/mol. The summed E-state index contributed by atoms with van der Waals surface area (Å²) in [4.78, 5) is 8.96. The van der Waals surface area contributed by atoms with Gasteiger partial charge in [0.05, 0.1) is 0 Å². The van der Waals surface area contributed by atoms with Crippen LogP contribution in [0.25, 0.3) is 17.1 Å². The summed E-state index contributed by atoms with van der Waals surface area (Å²) in [7, 11) is 0. The van der Waals surface area contributed by atoms with Gasteiger partial charge in [0.15, 0.2) is 11.5 Å². The van der Waals surface area contributed by atoms with Gasteiger partial charge in [-0.3, -0.25) is 4.40 Å². The summed E-state index contributed by atoms with van der Waals surface area (Å²) < 4.78 is 7.99. The van der Waals surface area contributed by atoms with E-state index in [4.69, 9.17) is 9.40 Å². The quantitative estimate of drug-likeness (QED) is 0.443. The summed E-state index contributed by atoms with van der Waals surface area (Å²) >= 11 is 0. The van der Waals surface area contributed by atoms with E-state index in [-0.39, 0.29) is 0 Å². The van der Waals surface area contributed by atoms with Gasteiger partial charge in [-0.2, -0.15) is 0 Å². The predicted octanol–water partition coefficient (Wildman–Crippen LogP) is 5.13. The lowest BCUT2D eigenvalue weighted by molar-refractivity contribution is 0.567. The Kier molecular flexibility index (Phi) is 4.28. The van der Waals surface area contributed by atoms with E-state index < -0.39 is 0 Å². The van der Waals surface area contributed by atoms with Crippen molar-refractivity contribution < 1.29 is 4.42 Å². The van der Waals surface area contributed by atoms with Crippen LogP contribution in [0, 0.1) is 11.8 Å². The first-order valence-corrected chi connectivity index (χ1v) is 9.19. The number of anilines is 2. The van der Waals surface area contributed by atoms with Crippen molar-refractivity contribution >= 4 is 17.2 Å². The van der Waals surface area contributed by atoms with E-state index in [2.05, 4.69) is 22.1 Å². The van der Waals surface area contributed by atoms with Gasteiger partial charge in [0.25, 0.3) is 0 Å². The van der Waals surface area contributed by atoms with E-state index in [0.29, 0.717) is 17.2 Å². The topological polar surface area (TPSA) is 55.4 Å². The third-order valence-electron chi connectivity index (χ3n) is 4.38. The van der Waals surface area contributed by atoms with Crippen molar-refractivity contribution in [1.82, 2.24) is 14.4 Å². The number of hydrogen-bond acceptors (Lipinski definition) is 4. The Morgan fingerprint density at radius 2 is 1.69 bits per heavy atom. The number of fused-ring (bicyclic) bond motifs is 1. The van der Waals surface area contributed by atoms with Crippen LogP contribution in [0.2, 0.25) is 0 Å². The number of nitrogens with one attached hydrogen (secondary N) is 1. The monoisotopic (exact) mass is 376 g/mol. The van der Waals surface area contributed by atoms with Crippen molar-refractivity contribution in [1.29, 1.82) is 0 Å². The molecule has 0 aliphatic carbocycles. The lowest BCUT2D eigenvalue weighted by atomic mass is 10.3. The van der Waals surface area contributed by atoms with E-state index in [1.165, 1.54) is 0 Å². The summed E-state index contributed by atoms with van der Waals surface area (Å²) in [5, 5.41) is 3.46. The maximum absolute atomic E-state index is 5.98. The van der Waals surface area contributed by atoms with Crippen molar-refractivity contribution in [2.75, 3.05) is 5.32 Å². The normalized spacial score (nSPS) is 10.5. The highest BCUT2D eigenvalue weighted by molar-refractivity contribution is 5.77. The van der Waals surface area contributed by atoms with E-state index >= 15 is 0 Å². The van der Waals surface area contributed by atoms with Crippen molar-refractivity contribution in [3.8, 4) is 23.3 Å². The highest BCUT2D eigenvalue weighted by atomic mass is 16.3. The molecule has 5 nitrogen and oxygen atoms in total. The molecule has 5 aromatic rings. The van der Waals surface area contributed by atoms with Crippen LogP contribution in [-0.2, 0) is 0 Å². The van der Waals surface area contributed by atoms with Crippen LogP contribution in [-0.4, -0.2) is 14.4 Å². The molecule has 0 saturated carbocycles. The van der Waals surface area contributed by atoms with Crippen molar-refractivity contribution in [3.63, 3.8) is 0 Å². The summed E-state index contributed by atoms with van der Waals surface area (Å²) in [5.74, 6) is 8.08. The number of nitrogens with zero attached hydrogens (tertiary/aromatic N) is 3. The van der Waals surface area contributed by atoms with Crippen LogP contribution in [0.4, 0.5) is 11.5 Å². The molecule has 0 atom stereocenters. The second kappa shape index (κ2) is 7.37. The molecule has 5 rings (SSSR count). The molecule has 0 radical (unpaired) electrons. The number of imidazole rings is 1. The zero-order valence-electron chi connectivity index (χ0n) is 15.4. The Hall–Kier alpha value is -4.30. The van der Waals surface area contributed by atoms with Crippen molar-refractivity contribution in [2.24, 2.45) is 0 Å². The lowest BCUT2D eigenvalue weighted by Gasteiger charge is -2.07. The minimum absolute atomic E-state index is 0.563. The largest absolute Gasteiger partial charge is 0.446 e. The molecule has 4 heterocycles. The van der Waals surface area contributed by atoms with Crippen LogP contribution in [0.5, 0.6) is 0 Å². The standard InChI is InChI=1S/C24H16N4O/c1-2-9-19(10-3-1)26-24-23(27-22-11-5-7-17-28(22)24)21-15-14-20(29-21)13-12-18-8-4-6-16-25-18/h1-11,14-17,26H. The van der Waals surface area contributed by atoms with Gasteiger partial charge in [0, 0.05) is 18.1 Å². The smallest absolute Gasteiger partial charge is 0.178 e. The second-order valence-corrected chi connectivity index (χ2v) is 6.36. The minimum atomic E-state index is 0.563. The highest BCUT2D eigenvalue weighted by Gasteiger charge is 2.17. The first-order chi connectivity index (χ1) is 14.4. The molecule has 0 aliphatic rings. The molecular weight excluding hydrogens is 360 g/mol. The fourth-order valence-corrected chi connectivity index (χ4v) is 3.04. The Bertz CT molecular complexity index is 1330. The van der Waals surface area contributed by atoms with Gasteiger partial charge in [0.1, 0.15) is 22.9 Å². The molecule has 5 heteroatoms. The molecule has 0 fully saturated rings. The average molecular weight is 376 g/mol. The maximum atomic E-state index is 5.98. The van der Waals surface area contributed by atoms with Crippen LogP contribution in [0.3, 0.4) is 0 Å². The number of aromatic nitrogens is 3. The number of furan rings is 1. The number of para-hydroxylation sites is 1. The lowest BCUT2D eigenvalue weighted by Crippen LogP contribution is -1.96. The first kappa shape index (κ1) is 16.8. The molecule has 29 heavy (non-hydrogen) atoms. The van der Waals surface area contributed by atoms with Crippen LogP contribution < -0.4 is 5.32 Å². The molecule has 0 saturated heterocycles. The molecular formula is C24H16N4O. The molecule has 0 spiro atoms. The number of benzene rings is 1. The summed E-state index contributed by atoms with van der Waals surface area (Å²) in [5.41, 5.74) is 3.23. The molecule has 1 N–H and O–H groups in total. The highest BCUT2D eigenvalue weighted by Crippen LogP contribution is 2.32. The number of pyridine rings is 2. The molecule has 138 valence electrons. The second-order valence-electron chi connectivity index (χ2n) is 6.36. The van der Waals surface area contributed by atoms with Crippen LogP contribution >= 0.6 is 0 Å². The Balaban J connectivity index is 1.55. The molecule has 0 amide bonds. The van der Waals surface area contributed by atoms with Crippen molar-refractivity contribution in [2.45, 2.75) is 0 Å².